The summed E-state index contributed by atoms with van der Waals surface area (Å²) in [6, 6.07) is 11.2. The number of pyridine rings is 1. The van der Waals surface area contributed by atoms with E-state index in [1.54, 1.807) is 13.1 Å². The summed E-state index contributed by atoms with van der Waals surface area (Å²) in [7, 11) is 1.43. The van der Waals surface area contributed by atoms with Crippen LogP contribution in [0.4, 0.5) is 10.9 Å². The summed E-state index contributed by atoms with van der Waals surface area (Å²) in [5.41, 5.74) is 4.03. The molecule has 168 valence electrons. The smallest absolute Gasteiger partial charge is 0.270 e. The Kier molecular flexibility index (Phi) is 7.78. The number of carbonyl (C=O) groups is 2. The normalized spacial score (nSPS) is 12.5. The van der Waals surface area contributed by atoms with Crippen molar-refractivity contribution in [3.8, 4) is 11.5 Å². The first-order valence-corrected chi connectivity index (χ1v) is 11.2. The fraction of sp³-hybridized carbons (Fsp3) is 0.238. The van der Waals surface area contributed by atoms with Gasteiger partial charge >= 0.3 is 0 Å². The molecule has 9 nitrogen and oxygen atoms in total. The number of thiazole rings is 1. The Bertz CT molecular complexity index is 1090. The fourth-order valence-corrected chi connectivity index (χ4v) is 3.64. The lowest BCUT2D eigenvalue weighted by atomic mass is 9.99. The number of hydrazine groups is 1. The highest BCUT2D eigenvalue weighted by atomic mass is 79.9. The van der Waals surface area contributed by atoms with E-state index in [1.165, 1.54) is 25.4 Å². The van der Waals surface area contributed by atoms with E-state index in [2.05, 4.69) is 42.1 Å². The van der Waals surface area contributed by atoms with Crippen molar-refractivity contribution in [1.29, 1.82) is 0 Å². The van der Waals surface area contributed by atoms with Gasteiger partial charge in [-0.2, -0.15) is 0 Å². The number of amides is 2. The first-order chi connectivity index (χ1) is 15.3. The third kappa shape index (κ3) is 6.25. The maximum atomic E-state index is 12.4. The molecule has 3 N–H and O–H groups in total. The van der Waals surface area contributed by atoms with E-state index < -0.39 is 11.5 Å². The number of anilines is 2. The molecule has 0 fully saturated rings. The summed E-state index contributed by atoms with van der Waals surface area (Å²) in [6.45, 7) is 2.92. The number of nitrogens with one attached hydrogen (secondary N) is 3. The van der Waals surface area contributed by atoms with Crippen molar-refractivity contribution in [2.45, 2.75) is 25.9 Å². The van der Waals surface area contributed by atoms with Gasteiger partial charge in [0, 0.05) is 42.6 Å². The van der Waals surface area contributed by atoms with Crippen LogP contribution >= 0.6 is 27.3 Å². The molecular formula is C21H22BrN5O4S. The van der Waals surface area contributed by atoms with Gasteiger partial charge in [0.2, 0.25) is 5.91 Å². The lowest BCUT2D eigenvalue weighted by Gasteiger charge is -2.25. The number of benzene rings is 1. The molecule has 0 bridgehead atoms. The van der Waals surface area contributed by atoms with E-state index in [9.17, 15) is 9.59 Å². The summed E-state index contributed by atoms with van der Waals surface area (Å²) >= 11 is 4.77. The number of rotatable bonds is 8. The maximum absolute atomic E-state index is 12.4. The Labute approximate surface area is 197 Å². The highest BCUT2D eigenvalue weighted by Gasteiger charge is 2.34. The van der Waals surface area contributed by atoms with E-state index in [4.69, 9.17) is 9.47 Å². The van der Waals surface area contributed by atoms with Crippen LogP contribution in [-0.2, 0) is 20.7 Å². The first-order valence-electron chi connectivity index (χ1n) is 9.51. The number of carbonyl (C=O) groups excluding carboxylic acids is 2. The fourth-order valence-electron chi connectivity index (χ4n) is 2.62. The summed E-state index contributed by atoms with van der Waals surface area (Å²) in [5, 5.41) is 5.56. The largest absolute Gasteiger partial charge is 0.453 e. The van der Waals surface area contributed by atoms with Crippen molar-refractivity contribution in [2.75, 3.05) is 12.4 Å². The van der Waals surface area contributed by atoms with E-state index in [0.29, 0.717) is 28.1 Å². The van der Waals surface area contributed by atoms with Gasteiger partial charge in [-0.1, -0.05) is 18.2 Å². The second-order valence-corrected chi connectivity index (χ2v) is 8.71. The minimum Gasteiger partial charge on any atom is -0.453 e. The molecular weight excluding hydrogens is 498 g/mol. The molecule has 2 heterocycles. The molecule has 0 radical (unpaired) electrons. The number of ether oxygens (including phenoxy) is 2. The zero-order valence-corrected chi connectivity index (χ0v) is 20.0. The zero-order valence-electron chi connectivity index (χ0n) is 17.6. The SMILES string of the molecule is COC(C)(Cc1csc(Nc2ncc(Br)cc2Oc2ccccc2)n1)C(=O)NNC(C)=O. The molecule has 3 rings (SSSR count). The van der Waals surface area contributed by atoms with Crippen LogP contribution in [0.3, 0.4) is 0 Å². The number of hydrogen-bond donors (Lipinski definition) is 3. The van der Waals surface area contributed by atoms with Gasteiger partial charge in [0.25, 0.3) is 5.91 Å². The van der Waals surface area contributed by atoms with Crippen LogP contribution in [0.15, 0.2) is 52.4 Å². The second kappa shape index (κ2) is 10.5. The van der Waals surface area contributed by atoms with Crippen LogP contribution in [0.25, 0.3) is 0 Å². The van der Waals surface area contributed by atoms with Crippen LogP contribution in [-0.4, -0.2) is 34.5 Å². The number of hydrogen-bond acceptors (Lipinski definition) is 8. The Hall–Kier alpha value is -3.02. The van der Waals surface area contributed by atoms with Crippen molar-refractivity contribution in [3.63, 3.8) is 0 Å². The average Bonchev–Trinajstić information content (AvgIpc) is 3.21. The molecule has 3 aromatic rings. The molecule has 0 saturated carbocycles. The van der Waals surface area contributed by atoms with Crippen LogP contribution in [0.5, 0.6) is 11.5 Å². The van der Waals surface area contributed by atoms with Gasteiger partial charge in [-0.25, -0.2) is 9.97 Å². The van der Waals surface area contributed by atoms with Gasteiger partial charge in [-0.15, -0.1) is 11.3 Å². The Balaban J connectivity index is 1.73. The number of methoxy groups -OCH3 is 1. The molecule has 11 heteroatoms. The third-order valence-corrected chi connectivity index (χ3v) is 5.61. The van der Waals surface area contributed by atoms with Crippen LogP contribution < -0.4 is 20.9 Å². The Morgan fingerprint density at radius 3 is 2.66 bits per heavy atom. The lowest BCUT2D eigenvalue weighted by Crippen LogP contribution is -2.53. The molecule has 0 aliphatic rings. The van der Waals surface area contributed by atoms with Crippen molar-refractivity contribution < 1.29 is 19.1 Å². The number of halogens is 1. The molecule has 0 aliphatic carbocycles. The zero-order chi connectivity index (χ0) is 23.1. The van der Waals surface area contributed by atoms with Crippen molar-refractivity contribution >= 4 is 50.0 Å². The average molecular weight is 520 g/mol. The topological polar surface area (TPSA) is 114 Å². The van der Waals surface area contributed by atoms with E-state index in [-0.39, 0.29) is 12.3 Å². The van der Waals surface area contributed by atoms with E-state index in [1.807, 2.05) is 41.8 Å². The molecule has 1 atom stereocenters. The standard InChI is InChI=1S/C21H22BrN5O4S/c1-13(28)26-27-19(29)21(2,30-3)10-15-12-32-20(24-15)25-18-17(9-14(22)11-23-18)31-16-7-5-4-6-8-16/h4-9,11-12H,10H2,1-3H3,(H,26,28)(H,27,29)(H,23,24,25). The predicted molar refractivity (Wildman–Crippen MR) is 125 cm³/mol. The minimum absolute atomic E-state index is 0.203. The number of aromatic nitrogens is 2. The molecule has 2 aromatic heterocycles. The highest BCUT2D eigenvalue weighted by Crippen LogP contribution is 2.33. The van der Waals surface area contributed by atoms with Crippen molar-refractivity contribution in [2.24, 2.45) is 0 Å². The van der Waals surface area contributed by atoms with E-state index >= 15 is 0 Å². The van der Waals surface area contributed by atoms with E-state index in [0.717, 1.165) is 4.47 Å². The Morgan fingerprint density at radius 2 is 1.97 bits per heavy atom. The monoisotopic (exact) mass is 519 g/mol. The third-order valence-electron chi connectivity index (χ3n) is 4.37. The quantitative estimate of drug-likeness (QED) is 0.386. The summed E-state index contributed by atoms with van der Waals surface area (Å²) < 4.78 is 12.1. The number of nitrogens with zero attached hydrogens (tertiary/aromatic N) is 2. The van der Waals surface area contributed by atoms with Crippen LogP contribution in [0.1, 0.15) is 19.5 Å². The molecule has 1 unspecified atom stereocenters. The molecule has 0 aliphatic heterocycles. The van der Waals surface area contributed by atoms with Gasteiger partial charge in [-0.05, 0) is 35.0 Å². The predicted octanol–water partition coefficient (Wildman–Crippen LogP) is 3.95. The molecule has 0 saturated heterocycles. The number of para-hydroxylation sites is 1. The van der Waals surface area contributed by atoms with Gasteiger partial charge < -0.3 is 14.8 Å². The molecule has 2 amide bonds. The van der Waals surface area contributed by atoms with Crippen molar-refractivity contribution in [3.05, 3.63) is 58.1 Å². The lowest BCUT2D eigenvalue weighted by molar-refractivity contribution is -0.144. The van der Waals surface area contributed by atoms with Gasteiger partial charge in [0.1, 0.15) is 5.75 Å². The van der Waals surface area contributed by atoms with Crippen LogP contribution in [0, 0.1) is 0 Å². The highest BCUT2D eigenvalue weighted by molar-refractivity contribution is 9.10. The van der Waals surface area contributed by atoms with Crippen LogP contribution in [0.2, 0.25) is 0 Å². The Morgan fingerprint density at radius 1 is 1.22 bits per heavy atom. The first kappa shape index (κ1) is 23.6. The minimum atomic E-state index is -1.22. The summed E-state index contributed by atoms with van der Waals surface area (Å²) in [4.78, 5) is 32.4. The molecule has 1 aromatic carbocycles. The molecule has 32 heavy (non-hydrogen) atoms. The summed E-state index contributed by atoms with van der Waals surface area (Å²) in [6.07, 6.45) is 1.86. The maximum Gasteiger partial charge on any atom is 0.270 e. The van der Waals surface area contributed by atoms with Crippen molar-refractivity contribution in [1.82, 2.24) is 20.8 Å². The summed E-state index contributed by atoms with van der Waals surface area (Å²) in [5.74, 6) is 0.837. The van der Waals surface area contributed by atoms with Gasteiger partial charge in [-0.3, -0.25) is 20.4 Å². The van der Waals surface area contributed by atoms with Gasteiger partial charge in [0.15, 0.2) is 22.3 Å². The second-order valence-electron chi connectivity index (χ2n) is 6.93. The van der Waals surface area contributed by atoms with Gasteiger partial charge in [0.05, 0.1) is 5.69 Å². The molecule has 0 spiro atoms.